The minimum absolute atomic E-state index is 0.804. The summed E-state index contributed by atoms with van der Waals surface area (Å²) in [6.45, 7) is 2.96. The van der Waals surface area contributed by atoms with Crippen LogP contribution in [0.25, 0.3) is 0 Å². The lowest BCUT2D eigenvalue weighted by molar-refractivity contribution is -0.349. The van der Waals surface area contributed by atoms with Gasteiger partial charge in [-0.25, -0.2) is 0 Å². The molecule has 9 heteroatoms. The van der Waals surface area contributed by atoms with Crippen LogP contribution < -0.4 is 0 Å². The Balaban J connectivity index is 2.08. The van der Waals surface area contributed by atoms with Gasteiger partial charge in [-0.3, -0.25) is 0 Å². The number of ether oxygens (including phenoxy) is 3. The van der Waals surface area contributed by atoms with Crippen molar-refractivity contribution < 1.29 is 44.8 Å². The molecule has 0 radical (unpaired) electrons. The van der Waals surface area contributed by atoms with Crippen LogP contribution in [0.2, 0.25) is 0 Å². The molecule has 10 atom stereocenters. The van der Waals surface area contributed by atoms with Gasteiger partial charge in [0.25, 0.3) is 0 Å². The van der Waals surface area contributed by atoms with E-state index in [0.29, 0.717) is 0 Å². The first-order chi connectivity index (χ1) is 9.73. The van der Waals surface area contributed by atoms with Crippen LogP contribution in [0.3, 0.4) is 0 Å². The zero-order chi connectivity index (χ0) is 15.9. The minimum Gasteiger partial charge on any atom is -0.388 e. The van der Waals surface area contributed by atoms with Gasteiger partial charge in [0.2, 0.25) is 0 Å². The average molecular weight is 310 g/mol. The molecule has 9 nitrogen and oxygen atoms in total. The van der Waals surface area contributed by atoms with Gasteiger partial charge in [-0.15, -0.1) is 0 Å². The summed E-state index contributed by atoms with van der Waals surface area (Å²) >= 11 is 0. The summed E-state index contributed by atoms with van der Waals surface area (Å²) in [6, 6.07) is 0. The summed E-state index contributed by atoms with van der Waals surface area (Å²) in [5.41, 5.74) is 0. The highest BCUT2D eigenvalue weighted by Crippen LogP contribution is 2.28. The number of aliphatic hydroxyl groups is 6. The van der Waals surface area contributed by atoms with Crippen LogP contribution in [0.15, 0.2) is 0 Å². The molecule has 2 fully saturated rings. The first kappa shape index (κ1) is 17.0. The Kier molecular flexibility index (Phi) is 5.19. The lowest BCUT2D eigenvalue weighted by atomic mass is 9.97. The van der Waals surface area contributed by atoms with Gasteiger partial charge in [0.1, 0.15) is 36.6 Å². The fourth-order valence-electron chi connectivity index (χ4n) is 2.45. The summed E-state index contributed by atoms with van der Waals surface area (Å²) in [4.78, 5) is 0. The Morgan fingerprint density at radius 2 is 1.24 bits per heavy atom. The zero-order valence-electron chi connectivity index (χ0n) is 11.7. The van der Waals surface area contributed by atoms with Gasteiger partial charge < -0.3 is 44.8 Å². The van der Waals surface area contributed by atoms with E-state index < -0.39 is 61.4 Å². The van der Waals surface area contributed by atoms with Gasteiger partial charge in [0.15, 0.2) is 12.6 Å². The standard InChI is InChI=1S/C12H22O9/c1-3-5(13)7(15)8(16)12(20-3)21-10-6(14)4(2)19-11(18)9(10)17/h3-18H,1-2H3/t3-,4-,5-,6-,7+,8+,9+,10+,11-,12-/m0/s1. The van der Waals surface area contributed by atoms with Crippen molar-refractivity contribution in [2.24, 2.45) is 0 Å². The van der Waals surface area contributed by atoms with Crippen molar-refractivity contribution in [2.75, 3.05) is 0 Å². The quantitative estimate of drug-likeness (QED) is 0.308. The van der Waals surface area contributed by atoms with Crippen molar-refractivity contribution in [3.05, 3.63) is 0 Å². The van der Waals surface area contributed by atoms with Crippen LogP contribution in [0.1, 0.15) is 13.8 Å². The Morgan fingerprint density at radius 3 is 1.86 bits per heavy atom. The Labute approximate surface area is 121 Å². The number of rotatable bonds is 2. The van der Waals surface area contributed by atoms with Crippen molar-refractivity contribution in [3.8, 4) is 0 Å². The largest absolute Gasteiger partial charge is 0.388 e. The molecule has 0 bridgehead atoms. The third-order valence-electron chi connectivity index (χ3n) is 3.90. The van der Waals surface area contributed by atoms with Gasteiger partial charge in [-0.1, -0.05) is 0 Å². The second-order valence-electron chi connectivity index (χ2n) is 5.50. The van der Waals surface area contributed by atoms with Crippen molar-refractivity contribution >= 4 is 0 Å². The van der Waals surface area contributed by atoms with Gasteiger partial charge in [0.05, 0.1) is 12.2 Å². The maximum absolute atomic E-state index is 9.96. The number of aliphatic hydroxyl groups excluding tert-OH is 6. The molecule has 2 aliphatic heterocycles. The third kappa shape index (κ3) is 3.21. The molecule has 2 rings (SSSR count). The topological polar surface area (TPSA) is 149 Å². The minimum atomic E-state index is -1.56. The van der Waals surface area contributed by atoms with Crippen LogP contribution >= 0.6 is 0 Å². The Hall–Kier alpha value is -0.360. The van der Waals surface area contributed by atoms with Gasteiger partial charge in [-0.05, 0) is 13.8 Å². The first-order valence-corrected chi connectivity index (χ1v) is 6.78. The molecule has 0 spiro atoms. The molecular weight excluding hydrogens is 288 g/mol. The molecular formula is C12H22O9. The van der Waals surface area contributed by atoms with Crippen molar-refractivity contribution in [1.29, 1.82) is 0 Å². The highest BCUT2D eigenvalue weighted by Gasteiger charge is 2.48. The van der Waals surface area contributed by atoms with Gasteiger partial charge in [0, 0.05) is 0 Å². The predicted molar refractivity (Wildman–Crippen MR) is 65.8 cm³/mol. The molecule has 0 aromatic carbocycles. The third-order valence-corrected chi connectivity index (χ3v) is 3.90. The summed E-state index contributed by atoms with van der Waals surface area (Å²) in [5.74, 6) is 0. The summed E-state index contributed by atoms with van der Waals surface area (Å²) in [5, 5.41) is 58.4. The van der Waals surface area contributed by atoms with Crippen molar-refractivity contribution in [3.63, 3.8) is 0 Å². The molecule has 2 saturated heterocycles. The van der Waals surface area contributed by atoms with E-state index >= 15 is 0 Å². The lowest BCUT2D eigenvalue weighted by Gasteiger charge is -2.44. The van der Waals surface area contributed by atoms with E-state index in [0.717, 1.165) is 0 Å². The molecule has 0 unspecified atom stereocenters. The fourth-order valence-corrected chi connectivity index (χ4v) is 2.45. The van der Waals surface area contributed by atoms with Crippen LogP contribution in [-0.2, 0) is 14.2 Å². The average Bonchev–Trinajstić information content (AvgIpc) is 2.44. The molecule has 6 N–H and O–H groups in total. The highest BCUT2D eigenvalue weighted by atomic mass is 16.7. The van der Waals surface area contributed by atoms with E-state index in [9.17, 15) is 30.6 Å². The maximum Gasteiger partial charge on any atom is 0.187 e. The second kappa shape index (κ2) is 6.41. The van der Waals surface area contributed by atoms with Crippen LogP contribution in [0.4, 0.5) is 0 Å². The molecule has 124 valence electrons. The van der Waals surface area contributed by atoms with E-state index in [2.05, 4.69) is 0 Å². The summed E-state index contributed by atoms with van der Waals surface area (Å²) in [6.07, 6.45) is -13.0. The van der Waals surface area contributed by atoms with E-state index in [1.807, 2.05) is 0 Å². The molecule has 2 aliphatic rings. The molecule has 21 heavy (non-hydrogen) atoms. The van der Waals surface area contributed by atoms with Gasteiger partial charge in [-0.2, -0.15) is 0 Å². The zero-order valence-corrected chi connectivity index (χ0v) is 11.7. The van der Waals surface area contributed by atoms with Crippen LogP contribution in [0.5, 0.6) is 0 Å². The van der Waals surface area contributed by atoms with Crippen LogP contribution in [-0.4, -0.2) is 92.1 Å². The molecule has 0 aliphatic carbocycles. The van der Waals surface area contributed by atoms with Gasteiger partial charge >= 0.3 is 0 Å². The summed E-state index contributed by atoms with van der Waals surface area (Å²) < 4.78 is 15.4. The Morgan fingerprint density at radius 1 is 0.667 bits per heavy atom. The van der Waals surface area contributed by atoms with Crippen molar-refractivity contribution in [1.82, 2.24) is 0 Å². The molecule has 0 aromatic rings. The normalized spacial score (nSPS) is 55.4. The highest BCUT2D eigenvalue weighted by molar-refractivity contribution is 4.92. The smallest absolute Gasteiger partial charge is 0.187 e. The van der Waals surface area contributed by atoms with E-state index in [-0.39, 0.29) is 0 Å². The molecule has 2 heterocycles. The number of hydrogen-bond acceptors (Lipinski definition) is 9. The second-order valence-corrected chi connectivity index (χ2v) is 5.50. The summed E-state index contributed by atoms with van der Waals surface area (Å²) in [7, 11) is 0. The number of hydrogen-bond donors (Lipinski definition) is 6. The van der Waals surface area contributed by atoms with Crippen molar-refractivity contribution in [2.45, 2.75) is 75.3 Å². The molecule has 0 aromatic heterocycles. The monoisotopic (exact) mass is 310 g/mol. The first-order valence-electron chi connectivity index (χ1n) is 6.78. The predicted octanol–water partition coefficient (Wildman–Crippen LogP) is -3.34. The lowest BCUT2D eigenvalue weighted by Crippen LogP contribution is -2.63. The van der Waals surface area contributed by atoms with E-state index in [1.165, 1.54) is 13.8 Å². The fraction of sp³-hybridized carbons (Fsp3) is 1.00. The van der Waals surface area contributed by atoms with E-state index in [1.54, 1.807) is 0 Å². The Bertz CT molecular complexity index is 340. The maximum atomic E-state index is 9.96. The molecule has 0 saturated carbocycles. The van der Waals surface area contributed by atoms with E-state index in [4.69, 9.17) is 14.2 Å². The van der Waals surface area contributed by atoms with Crippen LogP contribution in [0, 0.1) is 0 Å². The SMILES string of the molecule is C[C@@H]1O[C@@H](O[C@@H]2[C@@H](O)[C@H](C)O[C@H](O)[C@@H]2O)[C@H](O)[C@H](O)[C@H]1O. The molecule has 0 amide bonds.